The Balaban J connectivity index is 0.000000191. The predicted molar refractivity (Wildman–Crippen MR) is 75.7 cm³/mol. The summed E-state index contributed by atoms with van der Waals surface area (Å²) in [5.74, 6) is 0.376. The molecule has 0 amide bonds. The van der Waals surface area contributed by atoms with E-state index in [0.717, 1.165) is 5.56 Å². The Hall–Kier alpha value is -2.40. The molecule has 0 radical (unpaired) electrons. The molecule has 19 heavy (non-hydrogen) atoms. The topological polar surface area (TPSA) is 113 Å². The Morgan fingerprint density at radius 1 is 0.895 bits per heavy atom. The number of hydrogen-bond acceptors (Lipinski definition) is 5. The van der Waals surface area contributed by atoms with E-state index in [0.29, 0.717) is 22.7 Å². The van der Waals surface area contributed by atoms with Gasteiger partial charge in [-0.2, -0.15) is 0 Å². The zero-order chi connectivity index (χ0) is 14.4. The fourth-order valence-corrected chi connectivity index (χ4v) is 1.41. The third-order valence-electron chi connectivity index (χ3n) is 2.49. The Kier molecular flexibility index (Phi) is 5.02. The molecule has 0 saturated heterocycles. The van der Waals surface area contributed by atoms with E-state index in [1.165, 1.54) is 12.1 Å². The standard InChI is InChI=1S/C7H9NO2.C7H9NO/c8-6-1-2-7(10)5(3-6)4-9;1-5-4-6(8)2-3-7(5)9/h1-3,9-10H,4,8H2;2-4,9H,8H2,1H3. The van der Waals surface area contributed by atoms with Crippen LogP contribution in [0, 0.1) is 6.92 Å². The first-order valence-corrected chi connectivity index (χ1v) is 5.67. The lowest BCUT2D eigenvalue weighted by Crippen LogP contribution is -1.88. The number of aromatic hydroxyl groups is 2. The second-order valence-electron chi connectivity index (χ2n) is 4.09. The number of hydrogen-bond donors (Lipinski definition) is 5. The number of aliphatic hydroxyl groups is 1. The van der Waals surface area contributed by atoms with Crippen LogP contribution in [0.3, 0.4) is 0 Å². The molecule has 0 aliphatic carbocycles. The van der Waals surface area contributed by atoms with Gasteiger partial charge in [0.2, 0.25) is 0 Å². The predicted octanol–water partition coefficient (Wildman–Crippen LogP) is 1.75. The molecule has 0 spiro atoms. The van der Waals surface area contributed by atoms with E-state index in [-0.39, 0.29) is 12.4 Å². The molecule has 0 aliphatic heterocycles. The molecule has 2 aromatic rings. The smallest absolute Gasteiger partial charge is 0.121 e. The van der Waals surface area contributed by atoms with Gasteiger partial charge in [0.05, 0.1) is 6.61 Å². The van der Waals surface area contributed by atoms with Crippen LogP contribution in [0.1, 0.15) is 11.1 Å². The lowest BCUT2D eigenvalue weighted by Gasteiger charge is -2.00. The molecule has 5 heteroatoms. The molecule has 0 saturated carbocycles. The highest BCUT2D eigenvalue weighted by Crippen LogP contribution is 2.19. The number of phenolic OH excluding ortho intramolecular Hbond substituents is 1. The third-order valence-corrected chi connectivity index (χ3v) is 2.49. The van der Waals surface area contributed by atoms with Crippen molar-refractivity contribution in [3.05, 3.63) is 47.5 Å². The lowest BCUT2D eigenvalue weighted by atomic mass is 10.2. The van der Waals surface area contributed by atoms with E-state index in [1.54, 1.807) is 24.3 Å². The molecule has 2 aromatic carbocycles. The van der Waals surface area contributed by atoms with Crippen molar-refractivity contribution in [3.63, 3.8) is 0 Å². The molecule has 0 atom stereocenters. The van der Waals surface area contributed by atoms with E-state index in [4.69, 9.17) is 26.8 Å². The first-order chi connectivity index (χ1) is 8.93. The number of benzene rings is 2. The second kappa shape index (κ2) is 6.51. The van der Waals surface area contributed by atoms with Crippen molar-refractivity contribution in [2.45, 2.75) is 13.5 Å². The van der Waals surface area contributed by atoms with Gasteiger partial charge in [-0.05, 0) is 48.9 Å². The van der Waals surface area contributed by atoms with Gasteiger partial charge in [0, 0.05) is 16.9 Å². The summed E-state index contributed by atoms with van der Waals surface area (Å²) >= 11 is 0. The highest BCUT2D eigenvalue weighted by atomic mass is 16.3. The van der Waals surface area contributed by atoms with Crippen molar-refractivity contribution in [2.24, 2.45) is 0 Å². The maximum absolute atomic E-state index is 9.02. The SMILES string of the molecule is Cc1cc(N)ccc1O.Nc1ccc(O)c(CO)c1. The minimum atomic E-state index is -0.184. The van der Waals surface area contributed by atoms with Crippen LogP contribution in [0.2, 0.25) is 0 Å². The number of nitrogen functional groups attached to an aromatic ring is 2. The minimum absolute atomic E-state index is 0.0803. The van der Waals surface area contributed by atoms with Gasteiger partial charge in [-0.15, -0.1) is 0 Å². The molecule has 102 valence electrons. The molecule has 2 rings (SSSR count). The van der Waals surface area contributed by atoms with Gasteiger partial charge in [-0.3, -0.25) is 0 Å². The summed E-state index contributed by atoms with van der Waals surface area (Å²) in [6.07, 6.45) is 0. The molecule has 5 nitrogen and oxygen atoms in total. The van der Waals surface area contributed by atoms with Crippen LogP contribution in [-0.4, -0.2) is 15.3 Å². The van der Waals surface area contributed by atoms with Crippen molar-refractivity contribution < 1.29 is 15.3 Å². The molecule has 0 aromatic heterocycles. The normalized spacial score (nSPS) is 9.58. The van der Waals surface area contributed by atoms with E-state index >= 15 is 0 Å². The fraction of sp³-hybridized carbons (Fsp3) is 0.143. The molecule has 0 fully saturated rings. The number of aryl methyl sites for hydroxylation is 1. The molecule has 0 bridgehead atoms. The fourth-order valence-electron chi connectivity index (χ4n) is 1.41. The maximum Gasteiger partial charge on any atom is 0.121 e. The Bertz CT molecular complexity index is 556. The van der Waals surface area contributed by atoms with Crippen molar-refractivity contribution in [3.8, 4) is 11.5 Å². The highest BCUT2D eigenvalue weighted by molar-refractivity contribution is 5.47. The first kappa shape index (κ1) is 14.7. The Morgan fingerprint density at radius 3 is 1.84 bits per heavy atom. The number of aliphatic hydroxyl groups excluding tert-OH is 1. The van der Waals surface area contributed by atoms with Crippen LogP contribution in [0.15, 0.2) is 36.4 Å². The van der Waals surface area contributed by atoms with Gasteiger partial charge in [-0.25, -0.2) is 0 Å². The van der Waals surface area contributed by atoms with Crippen LogP contribution in [-0.2, 0) is 6.61 Å². The average Bonchev–Trinajstić information content (AvgIpc) is 2.38. The van der Waals surface area contributed by atoms with Crippen molar-refractivity contribution in [2.75, 3.05) is 11.5 Å². The van der Waals surface area contributed by atoms with Crippen LogP contribution in [0.4, 0.5) is 11.4 Å². The van der Waals surface area contributed by atoms with Crippen LogP contribution in [0.5, 0.6) is 11.5 Å². The van der Waals surface area contributed by atoms with Crippen molar-refractivity contribution in [1.82, 2.24) is 0 Å². The van der Waals surface area contributed by atoms with Crippen molar-refractivity contribution >= 4 is 11.4 Å². The lowest BCUT2D eigenvalue weighted by molar-refractivity contribution is 0.275. The summed E-state index contributed by atoms with van der Waals surface area (Å²) < 4.78 is 0. The zero-order valence-corrected chi connectivity index (χ0v) is 10.7. The summed E-state index contributed by atoms with van der Waals surface area (Å²) in [5, 5.41) is 26.6. The van der Waals surface area contributed by atoms with E-state index in [9.17, 15) is 0 Å². The van der Waals surface area contributed by atoms with Crippen LogP contribution < -0.4 is 11.5 Å². The minimum Gasteiger partial charge on any atom is -0.508 e. The van der Waals surface area contributed by atoms with Gasteiger partial charge in [0.15, 0.2) is 0 Å². The molecule has 7 N–H and O–H groups in total. The second-order valence-corrected chi connectivity index (χ2v) is 4.09. The third kappa shape index (κ3) is 4.40. The van der Waals surface area contributed by atoms with Crippen molar-refractivity contribution in [1.29, 1.82) is 0 Å². The molecular formula is C14H18N2O3. The van der Waals surface area contributed by atoms with E-state index in [2.05, 4.69) is 0 Å². The summed E-state index contributed by atoms with van der Waals surface area (Å²) in [5.41, 5.74) is 13.3. The largest absolute Gasteiger partial charge is 0.508 e. The van der Waals surface area contributed by atoms with Gasteiger partial charge in [-0.1, -0.05) is 0 Å². The van der Waals surface area contributed by atoms with Crippen LogP contribution in [0.25, 0.3) is 0 Å². The first-order valence-electron chi connectivity index (χ1n) is 5.67. The number of nitrogens with two attached hydrogens (primary N) is 2. The molecule has 0 heterocycles. The van der Waals surface area contributed by atoms with E-state index in [1.807, 2.05) is 6.92 Å². The monoisotopic (exact) mass is 262 g/mol. The Labute approximate surface area is 111 Å². The van der Waals surface area contributed by atoms with Crippen LogP contribution >= 0.6 is 0 Å². The van der Waals surface area contributed by atoms with Gasteiger partial charge >= 0.3 is 0 Å². The van der Waals surface area contributed by atoms with Gasteiger partial charge in [0.1, 0.15) is 11.5 Å². The van der Waals surface area contributed by atoms with Gasteiger partial charge < -0.3 is 26.8 Å². The number of anilines is 2. The maximum atomic E-state index is 9.02. The highest BCUT2D eigenvalue weighted by Gasteiger charge is 1.97. The molecule has 0 aliphatic rings. The summed E-state index contributed by atoms with van der Waals surface area (Å²) in [7, 11) is 0. The summed E-state index contributed by atoms with van der Waals surface area (Å²) in [6.45, 7) is 1.63. The molecular weight excluding hydrogens is 244 g/mol. The zero-order valence-electron chi connectivity index (χ0n) is 10.7. The number of phenols is 2. The average molecular weight is 262 g/mol. The number of rotatable bonds is 1. The summed E-state index contributed by atoms with van der Waals surface area (Å²) in [6, 6.07) is 9.56. The Morgan fingerprint density at radius 2 is 1.42 bits per heavy atom. The van der Waals surface area contributed by atoms with E-state index < -0.39 is 0 Å². The quantitative estimate of drug-likeness (QED) is 0.397. The summed E-state index contributed by atoms with van der Waals surface area (Å²) in [4.78, 5) is 0. The molecule has 0 unspecified atom stereocenters. The van der Waals surface area contributed by atoms with Gasteiger partial charge in [0.25, 0.3) is 0 Å².